The van der Waals surface area contributed by atoms with Gasteiger partial charge in [0.05, 0.1) is 0 Å². The molecular weight excluding hydrogens is 312 g/mol. The molecule has 1 unspecified atom stereocenters. The summed E-state index contributed by atoms with van der Waals surface area (Å²) in [5, 5.41) is 4.35. The number of hydrogen-bond donors (Lipinski definition) is 1. The Morgan fingerprint density at radius 1 is 1.50 bits per heavy atom. The number of likely N-dealkylation sites (N-methyl/N-ethyl adjacent to an activating group) is 1. The van der Waals surface area contributed by atoms with Crippen LogP contribution in [0.25, 0.3) is 0 Å². The average molecular weight is 332 g/mol. The zero-order chi connectivity index (χ0) is 13.1. The first-order chi connectivity index (χ1) is 8.58. The van der Waals surface area contributed by atoms with Crippen LogP contribution in [0.4, 0.5) is 0 Å². The molecule has 1 aliphatic carbocycles. The summed E-state index contributed by atoms with van der Waals surface area (Å²) in [6.45, 7) is 4.26. The van der Waals surface area contributed by atoms with Gasteiger partial charge in [-0.2, -0.15) is 0 Å². The molecule has 0 radical (unpaired) electrons. The summed E-state index contributed by atoms with van der Waals surface area (Å²) in [6.07, 6.45) is 2.73. The largest absolute Gasteiger partial charge is 0.309 e. The molecule has 18 heavy (non-hydrogen) atoms. The van der Waals surface area contributed by atoms with Crippen molar-refractivity contribution in [1.82, 2.24) is 10.2 Å². The Morgan fingerprint density at radius 2 is 2.22 bits per heavy atom. The van der Waals surface area contributed by atoms with Crippen molar-refractivity contribution in [2.24, 2.45) is 0 Å². The zero-order valence-electron chi connectivity index (χ0n) is 10.9. The third-order valence-corrected chi connectivity index (χ3v) is 4.33. The fourth-order valence-corrected chi connectivity index (χ4v) is 2.96. The molecular formula is C14H20BrClN2. The lowest BCUT2D eigenvalue weighted by atomic mass is 10.1. The Balaban J connectivity index is 1.81. The molecule has 1 aliphatic rings. The molecule has 0 spiro atoms. The number of benzene rings is 1. The lowest BCUT2D eigenvalue weighted by molar-refractivity contribution is 0.316. The molecule has 0 aromatic heterocycles. The van der Waals surface area contributed by atoms with Crippen molar-refractivity contribution in [3.05, 3.63) is 33.3 Å². The van der Waals surface area contributed by atoms with E-state index in [1.54, 1.807) is 0 Å². The highest BCUT2D eigenvalue weighted by Gasteiger charge is 2.25. The monoisotopic (exact) mass is 330 g/mol. The topological polar surface area (TPSA) is 15.3 Å². The van der Waals surface area contributed by atoms with Gasteiger partial charge in [-0.25, -0.2) is 0 Å². The van der Waals surface area contributed by atoms with Crippen LogP contribution in [0.2, 0.25) is 5.02 Å². The second-order valence-electron chi connectivity index (χ2n) is 5.05. The molecule has 0 saturated heterocycles. The van der Waals surface area contributed by atoms with Crippen molar-refractivity contribution in [1.29, 1.82) is 0 Å². The van der Waals surface area contributed by atoms with Gasteiger partial charge in [-0.15, -0.1) is 0 Å². The van der Waals surface area contributed by atoms with E-state index in [2.05, 4.69) is 46.2 Å². The van der Waals surface area contributed by atoms with Gasteiger partial charge in [0, 0.05) is 34.7 Å². The molecule has 1 saturated carbocycles. The summed E-state index contributed by atoms with van der Waals surface area (Å²) >= 11 is 9.67. The van der Waals surface area contributed by atoms with Gasteiger partial charge in [0.15, 0.2) is 0 Å². The second-order valence-corrected chi connectivity index (χ2v) is 6.38. The first kappa shape index (κ1) is 14.3. The van der Waals surface area contributed by atoms with Crippen molar-refractivity contribution < 1.29 is 0 Å². The Morgan fingerprint density at radius 3 is 2.83 bits per heavy atom. The van der Waals surface area contributed by atoms with E-state index in [0.717, 1.165) is 34.2 Å². The molecule has 4 heteroatoms. The van der Waals surface area contributed by atoms with Gasteiger partial charge in [-0.05, 0) is 44.5 Å². The van der Waals surface area contributed by atoms with Crippen molar-refractivity contribution in [3.63, 3.8) is 0 Å². The van der Waals surface area contributed by atoms with Crippen LogP contribution in [0.1, 0.15) is 31.4 Å². The van der Waals surface area contributed by atoms with E-state index < -0.39 is 0 Å². The first-order valence-corrected chi connectivity index (χ1v) is 7.63. The van der Waals surface area contributed by atoms with E-state index in [-0.39, 0.29) is 0 Å². The van der Waals surface area contributed by atoms with E-state index in [0.29, 0.717) is 6.04 Å². The van der Waals surface area contributed by atoms with Crippen LogP contribution in [0.5, 0.6) is 0 Å². The number of nitrogens with one attached hydrogen (secondary N) is 1. The number of halogens is 2. The number of hydrogen-bond acceptors (Lipinski definition) is 2. The maximum absolute atomic E-state index is 6.25. The van der Waals surface area contributed by atoms with Gasteiger partial charge < -0.3 is 10.2 Å². The molecule has 0 aliphatic heterocycles. The minimum atomic E-state index is 0.290. The van der Waals surface area contributed by atoms with E-state index >= 15 is 0 Å². The lowest BCUT2D eigenvalue weighted by Crippen LogP contribution is -2.32. The van der Waals surface area contributed by atoms with E-state index in [4.69, 9.17) is 11.6 Å². The van der Waals surface area contributed by atoms with Crippen molar-refractivity contribution in [2.75, 3.05) is 20.1 Å². The van der Waals surface area contributed by atoms with Crippen LogP contribution < -0.4 is 5.32 Å². The van der Waals surface area contributed by atoms with Gasteiger partial charge in [0.2, 0.25) is 0 Å². The fraction of sp³-hybridized carbons (Fsp3) is 0.571. The van der Waals surface area contributed by atoms with Gasteiger partial charge >= 0.3 is 0 Å². The first-order valence-electron chi connectivity index (χ1n) is 6.46. The zero-order valence-corrected chi connectivity index (χ0v) is 13.3. The van der Waals surface area contributed by atoms with Crippen LogP contribution in [0.3, 0.4) is 0 Å². The summed E-state index contributed by atoms with van der Waals surface area (Å²) < 4.78 is 1.02. The standard InChI is InChI=1S/C14H20BrClN2/c1-10(13-6-3-11(15)9-14(13)16)17-7-8-18(2)12-4-5-12/h3,6,9-10,12,17H,4-5,7-8H2,1-2H3. The Labute approximate surface area is 123 Å². The molecule has 1 N–H and O–H groups in total. The van der Waals surface area contributed by atoms with Crippen LogP contribution >= 0.6 is 27.5 Å². The quantitative estimate of drug-likeness (QED) is 0.852. The summed E-state index contributed by atoms with van der Waals surface area (Å²) in [5.74, 6) is 0. The van der Waals surface area contributed by atoms with Gasteiger partial charge in [-0.3, -0.25) is 0 Å². The maximum Gasteiger partial charge on any atom is 0.0464 e. The SMILES string of the molecule is CC(NCCN(C)C1CC1)c1ccc(Br)cc1Cl. The highest BCUT2D eigenvalue weighted by atomic mass is 79.9. The fourth-order valence-electron chi connectivity index (χ4n) is 2.12. The van der Waals surface area contributed by atoms with E-state index in [1.165, 1.54) is 12.8 Å². The third kappa shape index (κ3) is 3.95. The van der Waals surface area contributed by atoms with Crippen LogP contribution in [-0.4, -0.2) is 31.1 Å². The second kappa shape index (κ2) is 6.38. The summed E-state index contributed by atoms with van der Waals surface area (Å²) in [7, 11) is 2.20. The Kier molecular flexibility index (Phi) is 5.07. The lowest BCUT2D eigenvalue weighted by Gasteiger charge is -2.20. The smallest absolute Gasteiger partial charge is 0.0464 e. The number of rotatable bonds is 6. The minimum Gasteiger partial charge on any atom is -0.309 e. The van der Waals surface area contributed by atoms with E-state index in [9.17, 15) is 0 Å². The van der Waals surface area contributed by atoms with Crippen molar-refractivity contribution >= 4 is 27.5 Å². The predicted molar refractivity (Wildman–Crippen MR) is 81.2 cm³/mol. The summed E-state index contributed by atoms with van der Waals surface area (Å²) in [5.41, 5.74) is 1.16. The van der Waals surface area contributed by atoms with E-state index in [1.807, 2.05) is 12.1 Å². The molecule has 1 aromatic carbocycles. The average Bonchev–Trinajstić information content (AvgIpc) is 3.12. The van der Waals surface area contributed by atoms with Crippen LogP contribution in [-0.2, 0) is 0 Å². The summed E-state index contributed by atoms with van der Waals surface area (Å²) in [4.78, 5) is 2.43. The van der Waals surface area contributed by atoms with Gasteiger partial charge in [-0.1, -0.05) is 33.6 Å². The highest BCUT2D eigenvalue weighted by molar-refractivity contribution is 9.10. The summed E-state index contributed by atoms with van der Waals surface area (Å²) in [6, 6.07) is 7.19. The Hall–Kier alpha value is -0.0900. The molecule has 1 fully saturated rings. The molecule has 2 rings (SSSR count). The van der Waals surface area contributed by atoms with Gasteiger partial charge in [0.1, 0.15) is 0 Å². The molecule has 100 valence electrons. The van der Waals surface area contributed by atoms with Crippen molar-refractivity contribution in [3.8, 4) is 0 Å². The number of nitrogens with zero attached hydrogens (tertiary/aromatic N) is 1. The van der Waals surface area contributed by atoms with Crippen molar-refractivity contribution in [2.45, 2.75) is 31.8 Å². The van der Waals surface area contributed by atoms with Crippen LogP contribution in [0, 0.1) is 0 Å². The molecule has 2 nitrogen and oxygen atoms in total. The maximum atomic E-state index is 6.25. The highest BCUT2D eigenvalue weighted by Crippen LogP contribution is 2.27. The molecule has 0 heterocycles. The third-order valence-electron chi connectivity index (χ3n) is 3.51. The van der Waals surface area contributed by atoms with Gasteiger partial charge in [0.25, 0.3) is 0 Å². The molecule has 1 atom stereocenters. The Bertz CT molecular complexity index is 407. The van der Waals surface area contributed by atoms with Crippen LogP contribution in [0.15, 0.2) is 22.7 Å². The molecule has 0 amide bonds. The normalized spacial score (nSPS) is 17.2. The molecule has 0 bridgehead atoms. The molecule has 1 aromatic rings. The minimum absolute atomic E-state index is 0.290. The predicted octanol–water partition coefficient (Wildman–Crippen LogP) is 3.85.